The Labute approximate surface area is 166 Å². The van der Waals surface area contributed by atoms with Crippen molar-refractivity contribution < 1.29 is 9.53 Å². The molecule has 2 aromatic rings. The molecule has 0 unspecified atom stereocenters. The van der Waals surface area contributed by atoms with Gasteiger partial charge in [-0.15, -0.1) is 0 Å². The number of ether oxygens (including phenoxy) is 1. The van der Waals surface area contributed by atoms with E-state index in [1.807, 2.05) is 36.4 Å². The first-order valence-corrected chi connectivity index (χ1v) is 9.94. The molecule has 0 radical (unpaired) electrons. The van der Waals surface area contributed by atoms with E-state index in [0.717, 1.165) is 47.7 Å². The minimum Gasteiger partial charge on any atom is -0.441 e. The van der Waals surface area contributed by atoms with Gasteiger partial charge in [0.05, 0.1) is 11.6 Å². The van der Waals surface area contributed by atoms with Crippen LogP contribution in [0.15, 0.2) is 53.0 Å². The molecule has 1 amide bonds. The highest BCUT2D eigenvalue weighted by Crippen LogP contribution is 2.36. The lowest BCUT2D eigenvalue weighted by Gasteiger charge is -2.37. The fourth-order valence-electron chi connectivity index (χ4n) is 3.70. The van der Waals surface area contributed by atoms with Crippen LogP contribution >= 0.6 is 27.5 Å². The number of hydrogen-bond donors (Lipinski definition) is 0. The zero-order valence-corrected chi connectivity index (χ0v) is 16.7. The van der Waals surface area contributed by atoms with Crippen molar-refractivity contribution in [3.8, 4) is 0 Å². The van der Waals surface area contributed by atoms with Gasteiger partial charge >= 0.3 is 6.09 Å². The van der Waals surface area contributed by atoms with E-state index in [9.17, 15) is 4.79 Å². The predicted molar refractivity (Wildman–Crippen MR) is 107 cm³/mol. The quantitative estimate of drug-likeness (QED) is 0.673. The maximum atomic E-state index is 12.4. The van der Waals surface area contributed by atoms with Crippen molar-refractivity contribution in [3.05, 3.63) is 63.6 Å². The van der Waals surface area contributed by atoms with E-state index >= 15 is 0 Å². The Morgan fingerprint density at radius 3 is 2.54 bits per heavy atom. The summed E-state index contributed by atoms with van der Waals surface area (Å²) in [5, 5.41) is 0.727. The Hall–Kier alpha value is -1.56. The van der Waals surface area contributed by atoms with E-state index in [1.54, 1.807) is 4.90 Å². The van der Waals surface area contributed by atoms with E-state index in [-0.39, 0.29) is 11.7 Å². The third kappa shape index (κ3) is 3.61. The van der Waals surface area contributed by atoms with Gasteiger partial charge in [-0.05, 0) is 45.8 Å². The molecule has 4 rings (SSSR count). The molecular formula is C20H20BrClN2O2. The van der Waals surface area contributed by atoms with Crippen LogP contribution in [0, 0.1) is 0 Å². The Bertz CT molecular complexity index is 807. The topological polar surface area (TPSA) is 32.8 Å². The molecule has 0 bridgehead atoms. The lowest BCUT2D eigenvalue weighted by Crippen LogP contribution is -2.46. The van der Waals surface area contributed by atoms with Gasteiger partial charge in [-0.2, -0.15) is 0 Å². The number of carbonyl (C=O) groups is 1. The smallest absolute Gasteiger partial charge is 0.415 e. The van der Waals surface area contributed by atoms with Crippen molar-refractivity contribution in [3.63, 3.8) is 0 Å². The summed E-state index contributed by atoms with van der Waals surface area (Å²) >= 11 is 9.55. The van der Waals surface area contributed by atoms with Crippen LogP contribution in [0.5, 0.6) is 0 Å². The first-order valence-electron chi connectivity index (χ1n) is 8.77. The minimum atomic E-state index is -0.357. The van der Waals surface area contributed by atoms with Crippen LogP contribution in [-0.4, -0.2) is 36.2 Å². The molecule has 1 spiro atoms. The summed E-state index contributed by atoms with van der Waals surface area (Å²) in [6.07, 6.45) is 1.49. The second-order valence-electron chi connectivity index (χ2n) is 7.00. The van der Waals surface area contributed by atoms with Crippen LogP contribution in [0.25, 0.3) is 0 Å². The number of anilines is 1. The molecule has 2 aliphatic rings. The number of rotatable bonds is 3. The maximum Gasteiger partial charge on any atom is 0.415 e. The van der Waals surface area contributed by atoms with E-state index in [1.165, 1.54) is 5.56 Å². The second-order valence-corrected chi connectivity index (χ2v) is 8.26. The SMILES string of the molecule is O=C1OC2(CCN(Cc3ccc(Cl)c(Br)c3)CC2)CN1c1ccccc1. The molecule has 2 aromatic carbocycles. The standard InChI is InChI=1S/C20H20BrClN2O2/c21-17-12-15(6-7-18(17)22)13-23-10-8-20(9-11-23)14-24(19(25)26-20)16-4-2-1-3-5-16/h1-7,12H,8-11,13-14H2. The number of carbonyl (C=O) groups excluding carboxylic acids is 1. The molecule has 26 heavy (non-hydrogen) atoms. The summed E-state index contributed by atoms with van der Waals surface area (Å²) < 4.78 is 6.75. The molecule has 136 valence electrons. The summed E-state index contributed by atoms with van der Waals surface area (Å²) in [5.74, 6) is 0. The van der Waals surface area contributed by atoms with E-state index in [4.69, 9.17) is 16.3 Å². The van der Waals surface area contributed by atoms with Gasteiger partial charge in [0.25, 0.3) is 0 Å². The Morgan fingerprint density at radius 1 is 1.12 bits per heavy atom. The lowest BCUT2D eigenvalue weighted by atomic mass is 9.91. The van der Waals surface area contributed by atoms with Gasteiger partial charge in [0.1, 0.15) is 5.60 Å². The predicted octanol–water partition coefficient (Wildman–Crippen LogP) is 5.09. The molecule has 0 saturated carbocycles. The lowest BCUT2D eigenvalue weighted by molar-refractivity contribution is -0.000973. The van der Waals surface area contributed by atoms with Crippen molar-refractivity contribution in [2.24, 2.45) is 0 Å². The maximum absolute atomic E-state index is 12.4. The number of piperidine rings is 1. The number of para-hydroxylation sites is 1. The molecule has 0 aliphatic carbocycles. The molecule has 2 saturated heterocycles. The third-order valence-electron chi connectivity index (χ3n) is 5.20. The Balaban J connectivity index is 1.39. The highest BCUT2D eigenvalue weighted by molar-refractivity contribution is 9.10. The highest BCUT2D eigenvalue weighted by Gasteiger charge is 2.47. The van der Waals surface area contributed by atoms with Crippen molar-refractivity contribution in [2.45, 2.75) is 25.0 Å². The van der Waals surface area contributed by atoms with Crippen LogP contribution < -0.4 is 4.90 Å². The van der Waals surface area contributed by atoms with Gasteiger partial charge in [0.2, 0.25) is 0 Å². The minimum absolute atomic E-state index is 0.230. The molecule has 2 aliphatic heterocycles. The molecular weight excluding hydrogens is 416 g/mol. The van der Waals surface area contributed by atoms with E-state index < -0.39 is 0 Å². The van der Waals surface area contributed by atoms with Gasteiger partial charge in [0.15, 0.2) is 0 Å². The number of hydrogen-bond acceptors (Lipinski definition) is 3. The molecule has 2 fully saturated rings. The molecule has 0 N–H and O–H groups in total. The van der Waals surface area contributed by atoms with Gasteiger partial charge in [-0.1, -0.05) is 35.9 Å². The van der Waals surface area contributed by atoms with E-state index in [2.05, 4.69) is 33.0 Å². The van der Waals surface area contributed by atoms with Crippen LogP contribution in [0.3, 0.4) is 0 Å². The number of halogens is 2. The van der Waals surface area contributed by atoms with Crippen molar-refractivity contribution in [1.82, 2.24) is 4.90 Å². The summed E-state index contributed by atoms with van der Waals surface area (Å²) in [4.78, 5) is 16.5. The van der Waals surface area contributed by atoms with Gasteiger partial charge in [-0.25, -0.2) is 4.79 Å². The van der Waals surface area contributed by atoms with Crippen LogP contribution in [0.4, 0.5) is 10.5 Å². The molecule has 0 atom stereocenters. The number of amides is 1. The molecule has 6 heteroatoms. The summed E-state index contributed by atoms with van der Waals surface area (Å²) in [6.45, 7) is 3.34. The zero-order valence-electron chi connectivity index (χ0n) is 14.3. The van der Waals surface area contributed by atoms with Crippen molar-refractivity contribution in [2.75, 3.05) is 24.5 Å². The summed E-state index contributed by atoms with van der Waals surface area (Å²) in [7, 11) is 0. The van der Waals surface area contributed by atoms with Crippen molar-refractivity contribution >= 4 is 39.3 Å². The fraction of sp³-hybridized carbons (Fsp3) is 0.350. The first kappa shape index (κ1) is 17.8. The van der Waals surface area contributed by atoms with Crippen LogP contribution in [-0.2, 0) is 11.3 Å². The molecule has 0 aromatic heterocycles. The third-order valence-corrected chi connectivity index (χ3v) is 6.41. The van der Waals surface area contributed by atoms with E-state index in [0.29, 0.717) is 6.54 Å². The molecule has 2 heterocycles. The van der Waals surface area contributed by atoms with Crippen LogP contribution in [0.1, 0.15) is 18.4 Å². The molecule has 4 nitrogen and oxygen atoms in total. The van der Waals surface area contributed by atoms with Gasteiger partial charge < -0.3 is 4.74 Å². The largest absolute Gasteiger partial charge is 0.441 e. The normalized spacial score (nSPS) is 19.8. The number of likely N-dealkylation sites (tertiary alicyclic amines) is 1. The highest BCUT2D eigenvalue weighted by atomic mass is 79.9. The Kier molecular flexibility index (Phi) is 4.95. The zero-order chi connectivity index (χ0) is 18.1. The number of nitrogens with zero attached hydrogens (tertiary/aromatic N) is 2. The summed E-state index contributed by atoms with van der Waals surface area (Å²) in [5.41, 5.74) is 1.78. The first-order chi connectivity index (χ1) is 12.5. The Morgan fingerprint density at radius 2 is 1.85 bits per heavy atom. The van der Waals surface area contributed by atoms with Crippen LogP contribution in [0.2, 0.25) is 5.02 Å². The fourth-order valence-corrected chi connectivity index (χ4v) is 4.25. The average Bonchev–Trinajstić information content (AvgIpc) is 2.97. The van der Waals surface area contributed by atoms with Gasteiger partial charge in [-0.3, -0.25) is 9.80 Å². The van der Waals surface area contributed by atoms with Gasteiger partial charge in [0, 0.05) is 42.6 Å². The number of benzene rings is 2. The average molecular weight is 436 g/mol. The van der Waals surface area contributed by atoms with Crippen molar-refractivity contribution in [1.29, 1.82) is 0 Å². The summed E-state index contributed by atoms with van der Waals surface area (Å²) in [6, 6.07) is 15.8. The second kappa shape index (κ2) is 7.22. The monoisotopic (exact) mass is 434 g/mol.